The fourth-order valence-corrected chi connectivity index (χ4v) is 3.90. The van der Waals surface area contributed by atoms with Crippen LogP contribution in [0.4, 0.5) is 0 Å². The van der Waals surface area contributed by atoms with Gasteiger partial charge in [0.2, 0.25) is 0 Å². The van der Waals surface area contributed by atoms with Gasteiger partial charge in [-0.3, -0.25) is 9.59 Å². The molecule has 1 aromatic rings. The molecule has 2 saturated heterocycles. The molecule has 2 aliphatic rings. The maximum absolute atomic E-state index is 12.9. The van der Waals surface area contributed by atoms with Crippen molar-refractivity contribution < 1.29 is 9.59 Å². The molecular formula is C21H31N3O2. The van der Waals surface area contributed by atoms with Crippen LogP contribution in [-0.2, 0) is 0 Å². The molecule has 2 amide bonds. The lowest BCUT2D eigenvalue weighted by Crippen LogP contribution is -2.36. The van der Waals surface area contributed by atoms with Crippen molar-refractivity contribution in [2.24, 2.45) is 0 Å². The SMILES string of the molecule is O=C(c1cccc(C(=O)N2CCCCCCC2)n1)N1CCCCCCC1. The average molecular weight is 357 g/mol. The summed E-state index contributed by atoms with van der Waals surface area (Å²) in [6.07, 6.45) is 11.5. The first-order chi connectivity index (χ1) is 12.8. The summed E-state index contributed by atoms with van der Waals surface area (Å²) in [6, 6.07) is 5.28. The highest BCUT2D eigenvalue weighted by Crippen LogP contribution is 2.15. The molecule has 0 unspecified atom stereocenters. The Morgan fingerprint density at radius 1 is 0.615 bits per heavy atom. The highest BCUT2D eigenvalue weighted by atomic mass is 16.2. The zero-order valence-electron chi connectivity index (χ0n) is 15.8. The van der Waals surface area contributed by atoms with Gasteiger partial charge in [-0.15, -0.1) is 0 Å². The van der Waals surface area contributed by atoms with Crippen molar-refractivity contribution in [3.05, 3.63) is 29.6 Å². The summed E-state index contributed by atoms with van der Waals surface area (Å²) in [6.45, 7) is 3.19. The zero-order valence-corrected chi connectivity index (χ0v) is 15.8. The molecule has 0 saturated carbocycles. The van der Waals surface area contributed by atoms with E-state index in [-0.39, 0.29) is 11.8 Å². The fraction of sp³-hybridized carbons (Fsp3) is 0.667. The third kappa shape index (κ3) is 5.05. The van der Waals surface area contributed by atoms with E-state index in [1.165, 1.54) is 38.5 Å². The summed E-state index contributed by atoms with van der Waals surface area (Å²) in [5, 5.41) is 0. The van der Waals surface area contributed by atoms with Crippen molar-refractivity contribution in [1.29, 1.82) is 0 Å². The molecule has 0 aliphatic carbocycles. The zero-order chi connectivity index (χ0) is 18.2. The molecule has 1 aromatic heterocycles. The van der Waals surface area contributed by atoms with Gasteiger partial charge < -0.3 is 9.80 Å². The van der Waals surface area contributed by atoms with Gasteiger partial charge in [0.15, 0.2) is 0 Å². The maximum atomic E-state index is 12.9. The van der Waals surface area contributed by atoms with E-state index in [9.17, 15) is 9.59 Å². The number of carbonyl (C=O) groups is 2. The van der Waals surface area contributed by atoms with Crippen LogP contribution < -0.4 is 0 Å². The van der Waals surface area contributed by atoms with E-state index in [0.717, 1.165) is 51.9 Å². The predicted octanol–water partition coefficient (Wildman–Crippen LogP) is 3.89. The third-order valence-electron chi connectivity index (χ3n) is 5.47. The molecule has 0 bridgehead atoms. The van der Waals surface area contributed by atoms with Crippen molar-refractivity contribution in [2.45, 2.75) is 64.2 Å². The largest absolute Gasteiger partial charge is 0.337 e. The minimum Gasteiger partial charge on any atom is -0.337 e. The molecular weight excluding hydrogens is 326 g/mol. The summed E-state index contributed by atoms with van der Waals surface area (Å²) in [7, 11) is 0. The van der Waals surface area contributed by atoms with E-state index in [1.54, 1.807) is 18.2 Å². The number of rotatable bonds is 2. The molecule has 5 heteroatoms. The normalized spacial score (nSPS) is 19.8. The number of aromatic nitrogens is 1. The lowest BCUT2D eigenvalue weighted by atomic mass is 10.1. The fourth-order valence-electron chi connectivity index (χ4n) is 3.90. The lowest BCUT2D eigenvalue weighted by molar-refractivity contribution is 0.0729. The Hall–Kier alpha value is -1.91. The topological polar surface area (TPSA) is 53.5 Å². The van der Waals surface area contributed by atoms with Crippen LogP contribution in [0.3, 0.4) is 0 Å². The van der Waals surface area contributed by atoms with E-state index >= 15 is 0 Å². The second-order valence-electron chi connectivity index (χ2n) is 7.53. The van der Waals surface area contributed by atoms with Crippen molar-refractivity contribution in [2.75, 3.05) is 26.2 Å². The van der Waals surface area contributed by atoms with Crippen molar-refractivity contribution in [3.63, 3.8) is 0 Å². The van der Waals surface area contributed by atoms with Crippen LogP contribution in [-0.4, -0.2) is 52.8 Å². The highest BCUT2D eigenvalue weighted by Gasteiger charge is 2.22. The lowest BCUT2D eigenvalue weighted by Gasteiger charge is -2.26. The third-order valence-corrected chi connectivity index (χ3v) is 5.47. The maximum Gasteiger partial charge on any atom is 0.272 e. The summed E-state index contributed by atoms with van der Waals surface area (Å²) in [5.74, 6) is -0.0663. The molecule has 0 spiro atoms. The Kier molecular flexibility index (Phi) is 7.04. The quantitative estimate of drug-likeness (QED) is 0.807. The van der Waals surface area contributed by atoms with Crippen molar-refractivity contribution in [3.8, 4) is 0 Å². The van der Waals surface area contributed by atoms with Crippen molar-refractivity contribution in [1.82, 2.24) is 14.8 Å². The molecule has 142 valence electrons. The van der Waals surface area contributed by atoms with Gasteiger partial charge in [-0.2, -0.15) is 0 Å². The minimum absolute atomic E-state index is 0.0331. The Morgan fingerprint density at radius 3 is 1.35 bits per heavy atom. The van der Waals surface area contributed by atoms with Crippen LogP contribution in [0.5, 0.6) is 0 Å². The van der Waals surface area contributed by atoms with Crippen molar-refractivity contribution >= 4 is 11.8 Å². The number of nitrogens with zero attached hydrogens (tertiary/aromatic N) is 3. The van der Waals surface area contributed by atoms with Crippen LogP contribution in [0.2, 0.25) is 0 Å². The summed E-state index contributed by atoms with van der Waals surface area (Å²) in [5.41, 5.74) is 0.812. The molecule has 2 aliphatic heterocycles. The van der Waals surface area contributed by atoms with Gasteiger partial charge in [0.25, 0.3) is 11.8 Å². The molecule has 3 heterocycles. The van der Waals surface area contributed by atoms with E-state index < -0.39 is 0 Å². The second-order valence-corrected chi connectivity index (χ2v) is 7.53. The number of pyridine rings is 1. The van der Waals surface area contributed by atoms with E-state index in [2.05, 4.69) is 4.98 Å². The van der Waals surface area contributed by atoms with Crippen LogP contribution in [0.15, 0.2) is 18.2 Å². The first-order valence-corrected chi connectivity index (χ1v) is 10.3. The second kappa shape index (κ2) is 9.70. The van der Waals surface area contributed by atoms with Gasteiger partial charge in [0.05, 0.1) is 0 Å². The smallest absolute Gasteiger partial charge is 0.272 e. The molecule has 2 fully saturated rings. The van der Waals surface area contributed by atoms with Gasteiger partial charge in [0, 0.05) is 26.2 Å². The van der Waals surface area contributed by atoms with E-state index in [4.69, 9.17) is 0 Å². The predicted molar refractivity (Wildman–Crippen MR) is 102 cm³/mol. The standard InChI is InChI=1S/C21H31N3O2/c25-20(23-14-7-3-1-4-8-15-23)18-12-11-13-19(22-18)21(26)24-16-9-5-2-6-10-17-24/h11-13H,1-10,14-17H2. The Balaban J connectivity index is 1.70. The Morgan fingerprint density at radius 2 is 0.962 bits per heavy atom. The molecule has 0 atom stereocenters. The molecule has 3 rings (SSSR count). The first kappa shape index (κ1) is 18.9. The molecule has 5 nitrogen and oxygen atoms in total. The Bertz CT molecular complexity index is 552. The average Bonchev–Trinajstić information content (AvgIpc) is 2.60. The number of hydrogen-bond donors (Lipinski definition) is 0. The Labute approximate surface area is 156 Å². The van der Waals surface area contributed by atoms with Crippen LogP contribution in [0, 0.1) is 0 Å². The summed E-state index contributed by atoms with van der Waals surface area (Å²) in [4.78, 5) is 34.0. The molecule has 0 aromatic carbocycles. The van der Waals surface area contributed by atoms with E-state index in [0.29, 0.717) is 11.4 Å². The molecule has 0 radical (unpaired) electrons. The number of hydrogen-bond acceptors (Lipinski definition) is 3. The van der Waals surface area contributed by atoms with Gasteiger partial charge in [-0.05, 0) is 37.8 Å². The number of amides is 2. The number of likely N-dealkylation sites (tertiary alicyclic amines) is 2. The van der Waals surface area contributed by atoms with Crippen LogP contribution in [0.25, 0.3) is 0 Å². The van der Waals surface area contributed by atoms with Gasteiger partial charge in [-0.1, -0.05) is 44.6 Å². The first-order valence-electron chi connectivity index (χ1n) is 10.3. The molecule has 26 heavy (non-hydrogen) atoms. The highest BCUT2D eigenvalue weighted by molar-refractivity contribution is 5.96. The van der Waals surface area contributed by atoms with Gasteiger partial charge >= 0.3 is 0 Å². The van der Waals surface area contributed by atoms with E-state index in [1.807, 2.05) is 9.80 Å². The number of carbonyl (C=O) groups excluding carboxylic acids is 2. The van der Waals surface area contributed by atoms with Gasteiger partial charge in [0.1, 0.15) is 11.4 Å². The van der Waals surface area contributed by atoms with Crippen LogP contribution >= 0.6 is 0 Å². The monoisotopic (exact) mass is 357 g/mol. The summed E-state index contributed by atoms with van der Waals surface area (Å²) < 4.78 is 0. The minimum atomic E-state index is -0.0331. The van der Waals surface area contributed by atoms with Gasteiger partial charge in [-0.25, -0.2) is 4.98 Å². The molecule has 0 N–H and O–H groups in total. The van der Waals surface area contributed by atoms with Crippen LogP contribution in [0.1, 0.15) is 85.2 Å². The summed E-state index contributed by atoms with van der Waals surface area (Å²) >= 11 is 0.